The summed E-state index contributed by atoms with van der Waals surface area (Å²) in [6, 6.07) is 14.5. The number of amides is 1. The summed E-state index contributed by atoms with van der Waals surface area (Å²) in [6.07, 6.45) is 3.36. The molecule has 1 N–H and O–H groups in total. The molecule has 0 heterocycles. The maximum Gasteiger partial charge on any atom is 0.251 e. The molecular formula is C20H23NO4S. The number of nitrogens with one attached hydrogen (secondary N) is 1. The van der Waals surface area contributed by atoms with E-state index in [-0.39, 0.29) is 17.7 Å². The number of carbonyl (C=O) groups is 1. The summed E-state index contributed by atoms with van der Waals surface area (Å²) in [7, 11) is -1.52. The van der Waals surface area contributed by atoms with Crippen LogP contribution in [-0.4, -0.2) is 27.7 Å². The van der Waals surface area contributed by atoms with E-state index >= 15 is 0 Å². The van der Waals surface area contributed by atoms with Crippen molar-refractivity contribution >= 4 is 15.7 Å². The molecule has 0 saturated heterocycles. The minimum atomic E-state index is -3.14. The second-order valence-electron chi connectivity index (χ2n) is 6.83. The first-order valence-corrected chi connectivity index (χ1v) is 10.6. The van der Waals surface area contributed by atoms with Crippen molar-refractivity contribution in [2.75, 3.05) is 13.4 Å². The average Bonchev–Trinajstić information content (AvgIpc) is 3.43. The highest BCUT2D eigenvalue weighted by Gasteiger charge is 2.33. The van der Waals surface area contributed by atoms with Crippen LogP contribution >= 0.6 is 0 Å². The molecule has 0 aliphatic heterocycles. The first-order chi connectivity index (χ1) is 12.4. The van der Waals surface area contributed by atoms with E-state index in [1.165, 1.54) is 6.26 Å². The van der Waals surface area contributed by atoms with Gasteiger partial charge in [0.25, 0.3) is 5.91 Å². The first kappa shape index (κ1) is 18.5. The first-order valence-electron chi connectivity index (χ1n) is 8.57. The Balaban J connectivity index is 1.77. The van der Waals surface area contributed by atoms with Crippen molar-refractivity contribution in [2.24, 2.45) is 5.92 Å². The highest BCUT2D eigenvalue weighted by atomic mass is 32.2. The van der Waals surface area contributed by atoms with E-state index < -0.39 is 9.84 Å². The molecule has 1 fully saturated rings. The van der Waals surface area contributed by atoms with E-state index in [0.29, 0.717) is 17.0 Å². The number of sulfone groups is 1. The Kier molecular flexibility index (Phi) is 5.32. The predicted octanol–water partition coefficient (Wildman–Crippen LogP) is 3.12. The van der Waals surface area contributed by atoms with E-state index in [9.17, 15) is 13.2 Å². The van der Waals surface area contributed by atoms with E-state index in [2.05, 4.69) is 5.32 Å². The number of carbonyl (C=O) groups excluding carboxylic acids is 1. The summed E-state index contributed by atoms with van der Waals surface area (Å²) >= 11 is 0. The fourth-order valence-corrected chi connectivity index (χ4v) is 3.83. The largest absolute Gasteiger partial charge is 0.497 e. The Hall–Kier alpha value is -2.34. The van der Waals surface area contributed by atoms with Crippen LogP contribution in [0.4, 0.5) is 0 Å². The molecule has 0 aromatic heterocycles. The Bertz CT molecular complexity index is 886. The minimum Gasteiger partial charge on any atom is -0.497 e. The molecule has 0 radical (unpaired) electrons. The van der Waals surface area contributed by atoms with Crippen LogP contribution in [0.5, 0.6) is 5.75 Å². The van der Waals surface area contributed by atoms with Gasteiger partial charge in [0.05, 0.1) is 18.9 Å². The zero-order chi connectivity index (χ0) is 18.7. The molecule has 1 atom stereocenters. The van der Waals surface area contributed by atoms with Gasteiger partial charge in [-0.1, -0.05) is 24.3 Å². The van der Waals surface area contributed by atoms with Crippen LogP contribution in [0.25, 0.3) is 0 Å². The summed E-state index contributed by atoms with van der Waals surface area (Å²) in [5.41, 5.74) is 2.15. The number of hydrogen-bond acceptors (Lipinski definition) is 4. The summed E-state index contributed by atoms with van der Waals surface area (Å²) in [6.45, 7) is 0. The third kappa shape index (κ3) is 4.85. The van der Waals surface area contributed by atoms with E-state index in [0.717, 1.165) is 24.2 Å². The maximum absolute atomic E-state index is 12.7. The third-order valence-corrected chi connectivity index (χ3v) is 5.33. The lowest BCUT2D eigenvalue weighted by Gasteiger charge is -2.19. The van der Waals surface area contributed by atoms with Crippen LogP contribution in [-0.2, 0) is 15.6 Å². The fourth-order valence-electron chi connectivity index (χ4n) is 3.04. The van der Waals surface area contributed by atoms with Crippen LogP contribution in [0.15, 0.2) is 48.5 Å². The van der Waals surface area contributed by atoms with Gasteiger partial charge in [0.2, 0.25) is 0 Å². The van der Waals surface area contributed by atoms with Crippen molar-refractivity contribution in [3.05, 3.63) is 65.2 Å². The van der Waals surface area contributed by atoms with Crippen LogP contribution in [0.1, 0.15) is 40.4 Å². The molecule has 138 valence electrons. The molecule has 1 unspecified atom stereocenters. The molecule has 5 nitrogen and oxygen atoms in total. The molecule has 0 bridgehead atoms. The van der Waals surface area contributed by atoms with Gasteiger partial charge in [0.1, 0.15) is 5.75 Å². The van der Waals surface area contributed by atoms with Crippen molar-refractivity contribution in [1.29, 1.82) is 0 Å². The zero-order valence-corrected chi connectivity index (χ0v) is 15.8. The van der Waals surface area contributed by atoms with Crippen LogP contribution < -0.4 is 10.1 Å². The highest BCUT2D eigenvalue weighted by molar-refractivity contribution is 7.89. The molecule has 1 amide bonds. The van der Waals surface area contributed by atoms with Gasteiger partial charge >= 0.3 is 0 Å². The van der Waals surface area contributed by atoms with Crippen molar-refractivity contribution < 1.29 is 17.9 Å². The number of hydrogen-bond donors (Lipinski definition) is 1. The van der Waals surface area contributed by atoms with E-state index in [1.54, 1.807) is 31.4 Å². The molecule has 2 aromatic carbocycles. The van der Waals surface area contributed by atoms with E-state index in [1.807, 2.05) is 24.3 Å². The van der Waals surface area contributed by atoms with Gasteiger partial charge in [0, 0.05) is 11.8 Å². The summed E-state index contributed by atoms with van der Waals surface area (Å²) < 4.78 is 28.2. The van der Waals surface area contributed by atoms with Crippen LogP contribution in [0, 0.1) is 5.92 Å². The van der Waals surface area contributed by atoms with Gasteiger partial charge in [-0.05, 0) is 54.2 Å². The lowest BCUT2D eigenvalue weighted by atomic mass is 10.0. The van der Waals surface area contributed by atoms with Crippen molar-refractivity contribution in [3.63, 3.8) is 0 Å². The monoisotopic (exact) mass is 373 g/mol. The second-order valence-corrected chi connectivity index (χ2v) is 8.97. The molecule has 0 spiro atoms. The molecule has 3 rings (SSSR count). The highest BCUT2D eigenvalue weighted by Crippen LogP contribution is 2.41. The lowest BCUT2D eigenvalue weighted by molar-refractivity contribution is 0.0931. The second kappa shape index (κ2) is 7.50. The normalized spacial score (nSPS) is 15.3. The van der Waals surface area contributed by atoms with Gasteiger partial charge in [-0.3, -0.25) is 4.79 Å². The third-order valence-electron chi connectivity index (χ3n) is 4.47. The topological polar surface area (TPSA) is 72.5 Å². The zero-order valence-electron chi connectivity index (χ0n) is 14.9. The van der Waals surface area contributed by atoms with E-state index in [4.69, 9.17) is 4.74 Å². The van der Waals surface area contributed by atoms with Gasteiger partial charge < -0.3 is 10.1 Å². The van der Waals surface area contributed by atoms with Gasteiger partial charge in [-0.25, -0.2) is 8.42 Å². The molecular weight excluding hydrogens is 350 g/mol. The molecule has 2 aromatic rings. The number of rotatable bonds is 7. The number of benzene rings is 2. The molecule has 26 heavy (non-hydrogen) atoms. The minimum absolute atomic E-state index is 0.0491. The van der Waals surface area contributed by atoms with Crippen molar-refractivity contribution in [1.82, 2.24) is 5.32 Å². The molecule has 6 heteroatoms. The summed E-state index contributed by atoms with van der Waals surface area (Å²) in [4.78, 5) is 12.7. The Labute approximate surface area is 154 Å². The Morgan fingerprint density at radius 1 is 1.19 bits per heavy atom. The Morgan fingerprint density at radius 2 is 1.88 bits per heavy atom. The van der Waals surface area contributed by atoms with Gasteiger partial charge in [-0.2, -0.15) is 0 Å². The molecule has 1 aliphatic rings. The van der Waals surface area contributed by atoms with Gasteiger partial charge in [-0.15, -0.1) is 0 Å². The lowest BCUT2D eigenvalue weighted by Crippen LogP contribution is -2.30. The van der Waals surface area contributed by atoms with Crippen molar-refractivity contribution in [2.45, 2.75) is 24.6 Å². The number of methoxy groups -OCH3 is 1. The van der Waals surface area contributed by atoms with Crippen molar-refractivity contribution in [3.8, 4) is 5.75 Å². The fraction of sp³-hybridized carbons (Fsp3) is 0.350. The standard InChI is InChI=1S/C20H23NO4S/c1-25-18-10-8-16(9-11-18)19(15-6-7-15)21-20(22)17-5-3-4-14(12-17)13-26(2,23)24/h3-5,8-12,15,19H,6-7,13H2,1-2H3,(H,21,22). The van der Waals surface area contributed by atoms with Crippen LogP contribution in [0.2, 0.25) is 0 Å². The predicted molar refractivity (Wildman–Crippen MR) is 101 cm³/mol. The smallest absolute Gasteiger partial charge is 0.251 e. The number of ether oxygens (including phenoxy) is 1. The van der Waals surface area contributed by atoms with Crippen LogP contribution in [0.3, 0.4) is 0 Å². The Morgan fingerprint density at radius 3 is 2.46 bits per heavy atom. The van der Waals surface area contributed by atoms with Gasteiger partial charge in [0.15, 0.2) is 9.84 Å². The summed E-state index contributed by atoms with van der Waals surface area (Å²) in [5, 5.41) is 3.11. The quantitative estimate of drug-likeness (QED) is 0.809. The molecule has 1 aliphatic carbocycles. The summed E-state index contributed by atoms with van der Waals surface area (Å²) in [5.74, 6) is 0.960. The maximum atomic E-state index is 12.7. The average molecular weight is 373 g/mol. The molecule has 1 saturated carbocycles. The SMILES string of the molecule is COc1ccc(C(NC(=O)c2cccc(CS(C)(=O)=O)c2)C2CC2)cc1.